The highest BCUT2D eigenvalue weighted by atomic mass is 79.9. The number of benzene rings is 1. The van der Waals surface area contributed by atoms with Crippen LogP contribution in [0.25, 0.3) is 10.9 Å². The maximum Gasteiger partial charge on any atom is 0.319 e. The molecule has 0 aliphatic heterocycles. The topological polar surface area (TPSA) is 54.0 Å². The van der Waals surface area contributed by atoms with Crippen LogP contribution in [0.3, 0.4) is 0 Å². The van der Waals surface area contributed by atoms with Crippen LogP contribution in [0.5, 0.6) is 0 Å². The third kappa shape index (κ3) is 3.30. The summed E-state index contributed by atoms with van der Waals surface area (Å²) in [6.45, 7) is 0.470. The molecule has 4 nitrogen and oxygen atoms in total. The number of amides is 2. The van der Waals surface area contributed by atoms with Gasteiger partial charge in [0, 0.05) is 11.9 Å². The van der Waals surface area contributed by atoms with Crippen molar-refractivity contribution in [1.82, 2.24) is 10.3 Å². The quantitative estimate of drug-likeness (QED) is 0.914. The van der Waals surface area contributed by atoms with Crippen molar-refractivity contribution in [3.8, 4) is 0 Å². The third-order valence-electron chi connectivity index (χ3n) is 2.32. The van der Waals surface area contributed by atoms with Crippen molar-refractivity contribution >= 4 is 38.6 Å². The molecule has 0 saturated heterocycles. The van der Waals surface area contributed by atoms with E-state index in [0.717, 1.165) is 10.9 Å². The van der Waals surface area contributed by atoms with Gasteiger partial charge in [-0.25, -0.2) is 4.79 Å². The van der Waals surface area contributed by atoms with Crippen molar-refractivity contribution in [2.75, 3.05) is 11.9 Å². The molecule has 0 radical (unpaired) electrons. The lowest BCUT2D eigenvalue weighted by Gasteiger charge is -2.06. The second-order valence-electron chi connectivity index (χ2n) is 3.61. The van der Waals surface area contributed by atoms with E-state index in [1.807, 2.05) is 30.3 Å². The second kappa shape index (κ2) is 6.16. The predicted molar refractivity (Wildman–Crippen MR) is 76.8 cm³/mol. The van der Waals surface area contributed by atoms with Crippen LogP contribution in [0.1, 0.15) is 0 Å². The normalized spacial score (nSPS) is 10.7. The predicted octanol–water partition coefficient (Wildman–Crippen LogP) is 3.26. The Balaban J connectivity index is 2.05. The number of carbonyl (C=O) groups excluding carboxylic acids is 1. The van der Waals surface area contributed by atoms with Crippen LogP contribution >= 0.6 is 15.9 Å². The third-order valence-corrected chi connectivity index (χ3v) is 2.69. The van der Waals surface area contributed by atoms with Crippen molar-refractivity contribution in [1.29, 1.82) is 0 Å². The van der Waals surface area contributed by atoms with Crippen LogP contribution < -0.4 is 10.6 Å². The number of carbonyl (C=O) groups is 1. The molecule has 0 aliphatic rings. The van der Waals surface area contributed by atoms with E-state index in [2.05, 4.69) is 31.5 Å². The SMILES string of the molecule is O=C(NCC=CBr)Nc1cnc2ccccc2c1. The van der Waals surface area contributed by atoms with Crippen LogP contribution in [0.4, 0.5) is 10.5 Å². The number of hydrogen-bond donors (Lipinski definition) is 2. The van der Waals surface area contributed by atoms with Crippen LogP contribution in [-0.2, 0) is 0 Å². The Morgan fingerprint density at radius 1 is 1.39 bits per heavy atom. The Bertz CT molecular complexity index is 583. The first-order valence-corrected chi connectivity index (χ1v) is 6.36. The van der Waals surface area contributed by atoms with Gasteiger partial charge in [0.2, 0.25) is 0 Å². The monoisotopic (exact) mass is 305 g/mol. The molecule has 0 atom stereocenters. The molecule has 2 amide bonds. The Labute approximate surface area is 113 Å². The van der Waals surface area contributed by atoms with Gasteiger partial charge in [-0.2, -0.15) is 0 Å². The number of nitrogens with one attached hydrogen (secondary N) is 2. The molecule has 0 bridgehead atoms. The molecule has 2 aromatic rings. The molecule has 0 fully saturated rings. The molecular formula is C13H12BrN3O. The van der Waals surface area contributed by atoms with E-state index < -0.39 is 0 Å². The highest BCUT2D eigenvalue weighted by Crippen LogP contribution is 2.15. The van der Waals surface area contributed by atoms with Crippen molar-refractivity contribution in [2.24, 2.45) is 0 Å². The summed E-state index contributed by atoms with van der Waals surface area (Å²) in [5.41, 5.74) is 1.58. The Morgan fingerprint density at radius 3 is 3.06 bits per heavy atom. The lowest BCUT2D eigenvalue weighted by Crippen LogP contribution is -2.28. The number of para-hydroxylation sites is 1. The summed E-state index contributed by atoms with van der Waals surface area (Å²) in [6, 6.07) is 9.40. The van der Waals surface area contributed by atoms with Gasteiger partial charge < -0.3 is 10.6 Å². The number of anilines is 1. The average Bonchev–Trinajstić information content (AvgIpc) is 2.39. The van der Waals surface area contributed by atoms with Gasteiger partial charge in [-0.05, 0) is 17.1 Å². The summed E-state index contributed by atoms with van der Waals surface area (Å²) in [7, 11) is 0. The maximum atomic E-state index is 11.5. The Morgan fingerprint density at radius 2 is 2.22 bits per heavy atom. The smallest absolute Gasteiger partial charge is 0.319 e. The first-order valence-electron chi connectivity index (χ1n) is 5.44. The maximum absolute atomic E-state index is 11.5. The minimum atomic E-state index is -0.252. The lowest BCUT2D eigenvalue weighted by molar-refractivity contribution is 0.253. The number of nitrogens with zero attached hydrogens (tertiary/aromatic N) is 1. The number of rotatable bonds is 3. The van der Waals surface area contributed by atoms with Gasteiger partial charge in [-0.1, -0.05) is 40.2 Å². The lowest BCUT2D eigenvalue weighted by atomic mass is 10.2. The number of pyridine rings is 1. The van der Waals surface area contributed by atoms with E-state index in [-0.39, 0.29) is 6.03 Å². The number of urea groups is 1. The summed E-state index contributed by atoms with van der Waals surface area (Å²) < 4.78 is 0. The molecule has 0 saturated carbocycles. The number of fused-ring (bicyclic) bond motifs is 1. The van der Waals surface area contributed by atoms with Gasteiger partial charge in [0.1, 0.15) is 0 Å². The summed E-state index contributed by atoms with van der Waals surface area (Å²) in [6.07, 6.45) is 3.43. The summed E-state index contributed by atoms with van der Waals surface area (Å²) in [5.74, 6) is 0. The van der Waals surface area contributed by atoms with Crippen LogP contribution in [0.15, 0.2) is 47.6 Å². The molecule has 1 heterocycles. The molecule has 1 aromatic heterocycles. The Kier molecular flexibility index (Phi) is 4.30. The number of aromatic nitrogens is 1. The number of halogens is 1. The summed E-state index contributed by atoms with van der Waals surface area (Å²) in [5, 5.41) is 6.41. The van der Waals surface area contributed by atoms with E-state index in [1.54, 1.807) is 17.3 Å². The van der Waals surface area contributed by atoms with Gasteiger partial charge in [0.25, 0.3) is 0 Å². The number of hydrogen-bond acceptors (Lipinski definition) is 2. The first-order chi connectivity index (χ1) is 8.79. The highest BCUT2D eigenvalue weighted by Gasteiger charge is 2.01. The van der Waals surface area contributed by atoms with Crippen molar-refractivity contribution in [3.63, 3.8) is 0 Å². The van der Waals surface area contributed by atoms with Gasteiger partial charge in [0.15, 0.2) is 0 Å². The molecule has 0 spiro atoms. The van der Waals surface area contributed by atoms with Gasteiger partial charge in [-0.3, -0.25) is 4.98 Å². The molecule has 5 heteroatoms. The zero-order valence-electron chi connectivity index (χ0n) is 9.56. The summed E-state index contributed by atoms with van der Waals surface area (Å²) >= 11 is 3.13. The molecule has 92 valence electrons. The van der Waals surface area contributed by atoms with Crippen molar-refractivity contribution in [3.05, 3.63) is 47.6 Å². The van der Waals surface area contributed by atoms with Gasteiger partial charge in [-0.15, -0.1) is 0 Å². The van der Waals surface area contributed by atoms with Gasteiger partial charge in [0.05, 0.1) is 17.4 Å². The van der Waals surface area contributed by atoms with Crippen molar-refractivity contribution < 1.29 is 4.79 Å². The zero-order chi connectivity index (χ0) is 12.8. The Hall–Kier alpha value is -1.88. The fraction of sp³-hybridized carbons (Fsp3) is 0.0769. The standard InChI is InChI=1S/C13H12BrN3O/c14-6-3-7-15-13(18)17-11-8-10-4-1-2-5-12(10)16-9-11/h1-6,8-9H,7H2,(H2,15,17,18). The second-order valence-corrected chi connectivity index (χ2v) is 4.14. The van der Waals surface area contributed by atoms with E-state index in [0.29, 0.717) is 12.2 Å². The fourth-order valence-corrected chi connectivity index (χ4v) is 1.70. The van der Waals surface area contributed by atoms with E-state index in [9.17, 15) is 4.79 Å². The highest BCUT2D eigenvalue weighted by molar-refractivity contribution is 9.11. The van der Waals surface area contributed by atoms with Crippen molar-refractivity contribution in [2.45, 2.75) is 0 Å². The van der Waals surface area contributed by atoms with Crippen LogP contribution in [-0.4, -0.2) is 17.6 Å². The minimum absolute atomic E-state index is 0.252. The van der Waals surface area contributed by atoms with E-state index in [1.165, 1.54) is 0 Å². The first kappa shape index (κ1) is 12.6. The van der Waals surface area contributed by atoms with Crippen LogP contribution in [0, 0.1) is 0 Å². The zero-order valence-corrected chi connectivity index (χ0v) is 11.1. The fourth-order valence-electron chi connectivity index (χ4n) is 1.51. The summed E-state index contributed by atoms with van der Waals surface area (Å²) in [4.78, 5) is 17.5. The molecule has 18 heavy (non-hydrogen) atoms. The van der Waals surface area contributed by atoms with E-state index >= 15 is 0 Å². The van der Waals surface area contributed by atoms with E-state index in [4.69, 9.17) is 0 Å². The van der Waals surface area contributed by atoms with Gasteiger partial charge >= 0.3 is 6.03 Å². The van der Waals surface area contributed by atoms with Crippen LogP contribution in [0.2, 0.25) is 0 Å². The minimum Gasteiger partial charge on any atom is -0.334 e. The largest absolute Gasteiger partial charge is 0.334 e. The molecule has 2 N–H and O–H groups in total. The average molecular weight is 306 g/mol. The molecular weight excluding hydrogens is 294 g/mol. The molecule has 0 aliphatic carbocycles. The molecule has 1 aromatic carbocycles. The molecule has 2 rings (SSSR count). The molecule has 0 unspecified atom stereocenters.